The minimum atomic E-state index is -0.440. The molecule has 138 valence electrons. The Morgan fingerprint density at radius 1 is 1.37 bits per heavy atom. The zero-order valence-corrected chi connectivity index (χ0v) is 15.9. The minimum absolute atomic E-state index is 0.0508. The highest BCUT2D eigenvalue weighted by atomic mass is 35.5. The van der Waals surface area contributed by atoms with E-state index < -0.39 is 5.97 Å². The Balaban J connectivity index is 1.41. The van der Waals surface area contributed by atoms with Gasteiger partial charge in [-0.25, -0.2) is 9.78 Å². The lowest BCUT2D eigenvalue weighted by molar-refractivity contribution is -0.117. The number of carbonyl (C=O) groups is 2. The van der Waals surface area contributed by atoms with E-state index in [0.29, 0.717) is 21.5 Å². The molecular formula is C19H16ClN3O3S. The van der Waals surface area contributed by atoms with Crippen molar-refractivity contribution >= 4 is 39.9 Å². The Hall–Kier alpha value is -2.64. The van der Waals surface area contributed by atoms with E-state index in [0.717, 1.165) is 17.5 Å². The van der Waals surface area contributed by atoms with Crippen molar-refractivity contribution in [2.24, 2.45) is 5.92 Å². The van der Waals surface area contributed by atoms with Crippen molar-refractivity contribution in [3.63, 3.8) is 0 Å². The fourth-order valence-corrected chi connectivity index (χ4v) is 4.03. The maximum absolute atomic E-state index is 12.5. The molecule has 2 atom stereocenters. The molecule has 0 saturated heterocycles. The number of nitrogens with zero attached hydrogens (tertiary/aromatic N) is 1. The molecule has 6 nitrogen and oxygen atoms in total. The number of aromatic nitrogens is 2. The Labute approximate surface area is 164 Å². The first-order valence-electron chi connectivity index (χ1n) is 8.34. The van der Waals surface area contributed by atoms with Crippen molar-refractivity contribution in [3.05, 3.63) is 58.2 Å². The highest BCUT2D eigenvalue weighted by Gasteiger charge is 2.45. The molecule has 27 heavy (non-hydrogen) atoms. The van der Waals surface area contributed by atoms with Crippen molar-refractivity contribution in [2.75, 3.05) is 12.4 Å². The number of hydrogen-bond acceptors (Lipinski definition) is 5. The molecule has 2 N–H and O–H groups in total. The number of amides is 1. The van der Waals surface area contributed by atoms with E-state index >= 15 is 0 Å². The molecular weight excluding hydrogens is 386 g/mol. The maximum Gasteiger partial charge on any atom is 0.354 e. The predicted octanol–water partition coefficient (Wildman–Crippen LogP) is 4.32. The summed E-state index contributed by atoms with van der Waals surface area (Å²) >= 11 is 7.56. The highest BCUT2D eigenvalue weighted by Crippen LogP contribution is 2.50. The lowest BCUT2D eigenvalue weighted by Gasteiger charge is -2.03. The van der Waals surface area contributed by atoms with Crippen LogP contribution in [-0.2, 0) is 9.53 Å². The van der Waals surface area contributed by atoms with Crippen LogP contribution in [0.4, 0.5) is 5.13 Å². The van der Waals surface area contributed by atoms with Gasteiger partial charge in [-0.05, 0) is 30.0 Å². The monoisotopic (exact) mass is 401 g/mol. The number of esters is 1. The SMILES string of the molecule is COC(=O)c1cc(-c2csc(NC(=O)C3CC3c3ccccc3Cl)n2)c[nH]1. The van der Waals surface area contributed by atoms with Crippen LogP contribution in [0, 0.1) is 5.92 Å². The fourth-order valence-electron chi connectivity index (χ4n) is 3.04. The number of H-pyrrole nitrogens is 1. The van der Waals surface area contributed by atoms with Crippen LogP contribution in [0.3, 0.4) is 0 Å². The second kappa shape index (κ2) is 7.17. The molecule has 0 radical (unpaired) electrons. The number of halogens is 1. The molecule has 1 aliphatic carbocycles. The largest absolute Gasteiger partial charge is 0.464 e. The average molecular weight is 402 g/mol. The van der Waals surface area contributed by atoms with Gasteiger partial charge < -0.3 is 15.0 Å². The van der Waals surface area contributed by atoms with Crippen LogP contribution < -0.4 is 5.32 Å². The number of methoxy groups -OCH3 is 1. The normalized spacial score (nSPS) is 18.1. The number of hydrogen-bond donors (Lipinski definition) is 2. The number of thiazole rings is 1. The van der Waals surface area contributed by atoms with Crippen LogP contribution in [-0.4, -0.2) is 29.0 Å². The first kappa shape index (κ1) is 17.8. The van der Waals surface area contributed by atoms with Gasteiger partial charge >= 0.3 is 5.97 Å². The Kier molecular flexibility index (Phi) is 4.72. The fraction of sp³-hybridized carbons (Fsp3) is 0.211. The summed E-state index contributed by atoms with van der Waals surface area (Å²) in [7, 11) is 1.33. The van der Waals surface area contributed by atoms with Crippen molar-refractivity contribution in [3.8, 4) is 11.3 Å². The molecule has 1 saturated carbocycles. The maximum atomic E-state index is 12.5. The Morgan fingerprint density at radius 3 is 2.96 bits per heavy atom. The number of benzene rings is 1. The number of aromatic amines is 1. The molecule has 0 spiro atoms. The Bertz CT molecular complexity index is 1010. The molecule has 8 heteroatoms. The van der Waals surface area contributed by atoms with Gasteiger partial charge in [-0.1, -0.05) is 29.8 Å². The van der Waals surface area contributed by atoms with Gasteiger partial charge in [0.05, 0.1) is 12.8 Å². The lowest BCUT2D eigenvalue weighted by Crippen LogP contribution is -2.14. The molecule has 0 aliphatic heterocycles. The lowest BCUT2D eigenvalue weighted by atomic mass is 10.1. The summed E-state index contributed by atoms with van der Waals surface area (Å²) in [4.78, 5) is 31.3. The van der Waals surface area contributed by atoms with E-state index in [1.165, 1.54) is 18.4 Å². The van der Waals surface area contributed by atoms with Gasteiger partial charge in [0.1, 0.15) is 5.69 Å². The quantitative estimate of drug-likeness (QED) is 0.623. The summed E-state index contributed by atoms with van der Waals surface area (Å²) < 4.78 is 4.68. The topological polar surface area (TPSA) is 84.1 Å². The Morgan fingerprint density at radius 2 is 2.19 bits per heavy atom. The van der Waals surface area contributed by atoms with Crippen LogP contribution in [0.2, 0.25) is 5.02 Å². The van der Waals surface area contributed by atoms with E-state index in [2.05, 4.69) is 20.0 Å². The third kappa shape index (κ3) is 3.61. The van der Waals surface area contributed by atoms with Crippen LogP contribution in [0.5, 0.6) is 0 Å². The van der Waals surface area contributed by atoms with Gasteiger partial charge in [0, 0.05) is 28.1 Å². The second-order valence-corrected chi connectivity index (χ2v) is 7.56. The van der Waals surface area contributed by atoms with Crippen molar-refractivity contribution in [1.82, 2.24) is 9.97 Å². The summed E-state index contributed by atoms with van der Waals surface area (Å²) in [6, 6.07) is 9.29. The zero-order valence-electron chi connectivity index (χ0n) is 14.4. The van der Waals surface area contributed by atoms with E-state index in [4.69, 9.17) is 11.6 Å². The number of rotatable bonds is 5. The molecule has 1 aromatic carbocycles. The van der Waals surface area contributed by atoms with Gasteiger partial charge in [0.15, 0.2) is 5.13 Å². The predicted molar refractivity (Wildman–Crippen MR) is 104 cm³/mol. The van der Waals surface area contributed by atoms with Crippen LogP contribution in [0.1, 0.15) is 28.4 Å². The van der Waals surface area contributed by atoms with E-state index in [1.54, 1.807) is 12.3 Å². The molecule has 3 aromatic rings. The summed E-state index contributed by atoms with van der Waals surface area (Å²) in [5.74, 6) is -0.421. The number of anilines is 1. The summed E-state index contributed by atoms with van der Waals surface area (Å²) in [5, 5.41) is 5.93. The average Bonchev–Trinajstić information content (AvgIpc) is 3.08. The van der Waals surface area contributed by atoms with Gasteiger partial charge in [-0.3, -0.25) is 4.79 Å². The van der Waals surface area contributed by atoms with Crippen LogP contribution in [0.25, 0.3) is 11.3 Å². The zero-order chi connectivity index (χ0) is 19.0. The van der Waals surface area contributed by atoms with Gasteiger partial charge in [0.2, 0.25) is 5.91 Å². The molecule has 1 fully saturated rings. The number of nitrogens with one attached hydrogen (secondary N) is 2. The smallest absolute Gasteiger partial charge is 0.354 e. The molecule has 1 aliphatic rings. The summed E-state index contributed by atoms with van der Waals surface area (Å²) in [5.41, 5.74) is 2.81. The van der Waals surface area contributed by atoms with E-state index in [9.17, 15) is 9.59 Å². The number of carbonyl (C=O) groups excluding carboxylic acids is 2. The first-order chi connectivity index (χ1) is 13.1. The molecule has 0 bridgehead atoms. The highest BCUT2D eigenvalue weighted by molar-refractivity contribution is 7.14. The molecule has 2 heterocycles. The first-order valence-corrected chi connectivity index (χ1v) is 9.60. The van der Waals surface area contributed by atoms with Gasteiger partial charge in [-0.2, -0.15) is 0 Å². The van der Waals surface area contributed by atoms with Gasteiger partial charge in [-0.15, -0.1) is 11.3 Å². The third-order valence-electron chi connectivity index (χ3n) is 4.55. The second-order valence-electron chi connectivity index (χ2n) is 6.29. The molecule has 4 rings (SSSR count). The van der Waals surface area contributed by atoms with Crippen molar-refractivity contribution in [2.45, 2.75) is 12.3 Å². The third-order valence-corrected chi connectivity index (χ3v) is 5.65. The van der Waals surface area contributed by atoms with E-state index in [1.807, 2.05) is 29.6 Å². The summed E-state index contributed by atoms with van der Waals surface area (Å²) in [6.45, 7) is 0. The molecule has 1 amide bonds. The van der Waals surface area contributed by atoms with Crippen LogP contribution in [0.15, 0.2) is 41.9 Å². The van der Waals surface area contributed by atoms with Gasteiger partial charge in [0.25, 0.3) is 0 Å². The van der Waals surface area contributed by atoms with E-state index in [-0.39, 0.29) is 17.7 Å². The van der Waals surface area contributed by atoms with Crippen molar-refractivity contribution < 1.29 is 14.3 Å². The van der Waals surface area contributed by atoms with Crippen molar-refractivity contribution in [1.29, 1.82) is 0 Å². The molecule has 2 unspecified atom stereocenters. The molecule has 2 aromatic heterocycles. The summed E-state index contributed by atoms with van der Waals surface area (Å²) in [6.07, 6.45) is 2.47. The minimum Gasteiger partial charge on any atom is -0.464 e. The number of ether oxygens (including phenoxy) is 1. The van der Waals surface area contributed by atoms with Crippen LogP contribution >= 0.6 is 22.9 Å². The standard InChI is InChI=1S/C19H16ClN3O3S/c1-26-18(25)15-6-10(8-21-15)16-9-27-19(22-16)23-17(24)13-7-12(13)11-4-2-3-5-14(11)20/h2-6,8-9,12-13,21H,7H2,1H3,(H,22,23,24).